The maximum absolute atomic E-state index is 12.6. The van der Waals surface area contributed by atoms with Crippen LogP contribution in [0.1, 0.15) is 30.4 Å². The van der Waals surface area contributed by atoms with Crippen molar-refractivity contribution in [2.75, 3.05) is 25.6 Å². The van der Waals surface area contributed by atoms with Gasteiger partial charge in [0, 0.05) is 17.9 Å². The summed E-state index contributed by atoms with van der Waals surface area (Å²) in [6.07, 6.45) is 2.04. The highest BCUT2D eigenvalue weighted by Gasteiger charge is 2.31. The van der Waals surface area contributed by atoms with E-state index in [2.05, 4.69) is 10.4 Å². The topological polar surface area (TPSA) is 118 Å². The summed E-state index contributed by atoms with van der Waals surface area (Å²) >= 11 is 0. The van der Waals surface area contributed by atoms with Gasteiger partial charge in [-0.05, 0) is 48.9 Å². The van der Waals surface area contributed by atoms with Crippen molar-refractivity contribution in [2.45, 2.75) is 19.3 Å². The molecule has 1 atom stereocenters. The number of primary amides is 1. The van der Waals surface area contributed by atoms with Gasteiger partial charge in [-0.1, -0.05) is 6.07 Å². The van der Waals surface area contributed by atoms with E-state index >= 15 is 0 Å². The third kappa shape index (κ3) is 4.22. The number of hydrogen-bond donors (Lipinski definition) is 2. The highest BCUT2D eigenvalue weighted by molar-refractivity contribution is 5.94. The van der Waals surface area contributed by atoms with E-state index in [0.717, 1.165) is 22.6 Å². The minimum absolute atomic E-state index is 0.107. The Kier molecular flexibility index (Phi) is 5.98. The van der Waals surface area contributed by atoms with E-state index in [4.69, 9.17) is 19.9 Å². The highest BCUT2D eigenvalue weighted by Crippen LogP contribution is 2.41. The molecule has 1 aliphatic heterocycles. The van der Waals surface area contributed by atoms with E-state index in [1.165, 1.54) is 0 Å². The number of aromatic nitrogens is 2. The molecule has 1 unspecified atom stereocenters. The molecule has 2 heterocycles. The minimum Gasteiger partial charge on any atom is -0.497 e. The third-order valence-corrected chi connectivity index (χ3v) is 5.18. The first-order chi connectivity index (χ1) is 15.5. The molecule has 32 heavy (non-hydrogen) atoms. The van der Waals surface area contributed by atoms with Gasteiger partial charge in [0.1, 0.15) is 11.6 Å². The van der Waals surface area contributed by atoms with Crippen LogP contribution in [-0.4, -0.2) is 41.9 Å². The second kappa shape index (κ2) is 9.01. The van der Waals surface area contributed by atoms with Gasteiger partial charge in [-0.25, -0.2) is 4.68 Å². The molecule has 1 aromatic heterocycles. The lowest BCUT2D eigenvalue weighted by molar-refractivity contribution is -0.120. The van der Waals surface area contributed by atoms with Gasteiger partial charge in [-0.3, -0.25) is 9.59 Å². The Morgan fingerprint density at radius 3 is 2.66 bits per heavy atom. The predicted molar refractivity (Wildman–Crippen MR) is 118 cm³/mol. The summed E-state index contributed by atoms with van der Waals surface area (Å²) in [4.78, 5) is 23.6. The number of carbonyl (C=O) groups is 2. The summed E-state index contributed by atoms with van der Waals surface area (Å²) in [5.74, 6) is 1.38. The standard InChI is InChI=1S/C23H24N4O5/c1-3-31-20-10-14(4-9-19(20)32-13-21(24)28)17-11-22(29)26-23-18(17)12-25-27(23)15-5-7-16(30-2)8-6-15/h4-10,12,17H,3,11,13H2,1-2H3,(H2,24,28)(H,26,29). The van der Waals surface area contributed by atoms with Crippen LogP contribution < -0.4 is 25.3 Å². The molecule has 1 aliphatic rings. The number of fused-ring (bicyclic) bond motifs is 1. The molecule has 0 fully saturated rings. The van der Waals surface area contributed by atoms with Crippen molar-refractivity contribution in [2.24, 2.45) is 5.73 Å². The number of benzene rings is 2. The van der Waals surface area contributed by atoms with Crippen LogP contribution in [0, 0.1) is 0 Å². The quantitative estimate of drug-likeness (QED) is 0.561. The van der Waals surface area contributed by atoms with E-state index in [1.54, 1.807) is 24.1 Å². The number of anilines is 1. The lowest BCUT2D eigenvalue weighted by Crippen LogP contribution is -2.24. The normalized spacial score (nSPS) is 14.9. The number of methoxy groups -OCH3 is 1. The predicted octanol–water partition coefficient (Wildman–Crippen LogP) is 2.62. The Hall–Kier alpha value is -4.01. The molecule has 0 saturated heterocycles. The van der Waals surface area contributed by atoms with Crippen LogP contribution >= 0.6 is 0 Å². The number of ether oxygens (including phenoxy) is 3. The Morgan fingerprint density at radius 1 is 1.19 bits per heavy atom. The Morgan fingerprint density at radius 2 is 1.97 bits per heavy atom. The van der Waals surface area contributed by atoms with Crippen molar-refractivity contribution in [1.29, 1.82) is 0 Å². The number of nitrogens with one attached hydrogen (secondary N) is 1. The van der Waals surface area contributed by atoms with Crippen molar-refractivity contribution in [3.05, 3.63) is 59.8 Å². The number of nitrogens with zero attached hydrogens (tertiary/aromatic N) is 2. The van der Waals surface area contributed by atoms with Crippen LogP contribution in [0.25, 0.3) is 5.69 Å². The van der Waals surface area contributed by atoms with Gasteiger partial charge >= 0.3 is 0 Å². The van der Waals surface area contributed by atoms with Crippen LogP contribution in [-0.2, 0) is 9.59 Å². The van der Waals surface area contributed by atoms with Crippen LogP contribution in [0.4, 0.5) is 5.82 Å². The van der Waals surface area contributed by atoms with Gasteiger partial charge in [0.2, 0.25) is 5.91 Å². The Labute approximate surface area is 185 Å². The van der Waals surface area contributed by atoms with Crippen LogP contribution in [0.5, 0.6) is 17.2 Å². The molecule has 0 radical (unpaired) electrons. The second-order valence-corrected chi connectivity index (χ2v) is 7.26. The molecule has 2 amide bonds. The Bertz CT molecular complexity index is 1140. The molecular weight excluding hydrogens is 412 g/mol. The molecule has 0 spiro atoms. The first-order valence-corrected chi connectivity index (χ1v) is 10.2. The van der Waals surface area contributed by atoms with Crippen LogP contribution in [0.3, 0.4) is 0 Å². The van der Waals surface area contributed by atoms with Gasteiger partial charge < -0.3 is 25.3 Å². The summed E-state index contributed by atoms with van der Waals surface area (Å²) in [5, 5.41) is 7.45. The maximum Gasteiger partial charge on any atom is 0.255 e. The molecule has 0 aliphatic carbocycles. The second-order valence-electron chi connectivity index (χ2n) is 7.26. The van der Waals surface area contributed by atoms with Gasteiger partial charge in [0.15, 0.2) is 18.1 Å². The number of rotatable bonds is 8. The summed E-state index contributed by atoms with van der Waals surface area (Å²) in [5.41, 5.74) is 7.76. The summed E-state index contributed by atoms with van der Waals surface area (Å²) in [6, 6.07) is 12.8. The number of carbonyl (C=O) groups excluding carboxylic acids is 2. The molecule has 0 bridgehead atoms. The zero-order valence-corrected chi connectivity index (χ0v) is 17.8. The van der Waals surface area contributed by atoms with Crippen molar-refractivity contribution in [3.8, 4) is 22.9 Å². The molecule has 0 saturated carbocycles. The van der Waals surface area contributed by atoms with Gasteiger partial charge in [-0.2, -0.15) is 5.10 Å². The molecular formula is C23H24N4O5. The summed E-state index contributed by atoms with van der Waals surface area (Å²) in [7, 11) is 1.61. The SMILES string of the molecule is CCOc1cc(C2CC(=O)Nc3c2cnn3-c2ccc(OC)cc2)ccc1OCC(N)=O. The van der Waals surface area contributed by atoms with Crippen LogP contribution in [0.2, 0.25) is 0 Å². The summed E-state index contributed by atoms with van der Waals surface area (Å²) < 4.78 is 18.1. The first kappa shape index (κ1) is 21.2. The lowest BCUT2D eigenvalue weighted by atomic mass is 9.87. The van der Waals surface area contributed by atoms with Gasteiger partial charge in [0.05, 0.1) is 25.6 Å². The van der Waals surface area contributed by atoms with Crippen molar-refractivity contribution in [3.63, 3.8) is 0 Å². The molecule has 4 rings (SSSR count). The van der Waals surface area contributed by atoms with Gasteiger partial charge in [0.25, 0.3) is 5.91 Å². The van der Waals surface area contributed by atoms with Crippen LogP contribution in [0.15, 0.2) is 48.7 Å². The fourth-order valence-corrected chi connectivity index (χ4v) is 3.71. The van der Waals surface area contributed by atoms with E-state index in [1.807, 2.05) is 43.3 Å². The molecule has 9 nitrogen and oxygen atoms in total. The van der Waals surface area contributed by atoms with Crippen molar-refractivity contribution in [1.82, 2.24) is 9.78 Å². The summed E-state index contributed by atoms with van der Waals surface area (Å²) in [6.45, 7) is 2.03. The molecule has 9 heteroatoms. The number of nitrogens with two attached hydrogens (primary N) is 1. The van der Waals surface area contributed by atoms with E-state index in [-0.39, 0.29) is 24.9 Å². The van der Waals surface area contributed by atoms with E-state index in [9.17, 15) is 9.59 Å². The largest absolute Gasteiger partial charge is 0.497 e. The zero-order valence-electron chi connectivity index (χ0n) is 17.8. The van der Waals surface area contributed by atoms with E-state index < -0.39 is 5.91 Å². The third-order valence-electron chi connectivity index (χ3n) is 5.18. The average Bonchev–Trinajstić information content (AvgIpc) is 3.21. The average molecular weight is 436 g/mol. The first-order valence-electron chi connectivity index (χ1n) is 10.2. The van der Waals surface area contributed by atoms with Crippen molar-refractivity contribution < 1.29 is 23.8 Å². The smallest absolute Gasteiger partial charge is 0.255 e. The Balaban J connectivity index is 1.70. The molecule has 3 aromatic rings. The van der Waals surface area contributed by atoms with Crippen molar-refractivity contribution >= 4 is 17.6 Å². The van der Waals surface area contributed by atoms with E-state index in [0.29, 0.717) is 23.9 Å². The molecule has 2 aromatic carbocycles. The highest BCUT2D eigenvalue weighted by atomic mass is 16.5. The van der Waals surface area contributed by atoms with Gasteiger partial charge in [-0.15, -0.1) is 0 Å². The number of amides is 2. The zero-order chi connectivity index (χ0) is 22.7. The lowest BCUT2D eigenvalue weighted by Gasteiger charge is -2.24. The maximum atomic E-state index is 12.6. The molecule has 3 N–H and O–H groups in total. The minimum atomic E-state index is -0.573. The number of hydrogen-bond acceptors (Lipinski definition) is 6. The molecule has 166 valence electrons. The fourth-order valence-electron chi connectivity index (χ4n) is 3.71. The monoisotopic (exact) mass is 436 g/mol. The fraction of sp³-hybridized carbons (Fsp3) is 0.261.